The van der Waals surface area contributed by atoms with E-state index in [9.17, 15) is 0 Å². The van der Waals surface area contributed by atoms with E-state index in [2.05, 4.69) is 191 Å². The van der Waals surface area contributed by atoms with E-state index in [1.165, 1.54) is 142 Å². The summed E-state index contributed by atoms with van der Waals surface area (Å²) in [5, 5.41) is 21.5. The first-order valence-corrected chi connectivity index (χ1v) is 21.1. The Morgan fingerprint density at radius 1 is 0.276 bits per heavy atom. The SMILES string of the molecule is Cc1cc(C(C)(C)C)cc(C)c1-c1c2cc3c(cc2c(-c2c(C)cc(C(C)(C)C)cc2C)c2c4cccc5cccc(c12)c54)c1cc2ccccc2c2cccc3c21. The molecular formula is C58H50. The first-order valence-electron chi connectivity index (χ1n) is 21.1. The van der Waals surface area contributed by atoms with Gasteiger partial charge in [-0.1, -0.05) is 145 Å². The normalized spacial score (nSPS) is 13.0. The van der Waals surface area contributed by atoms with Crippen molar-refractivity contribution in [3.8, 4) is 22.3 Å². The number of aryl methyl sites for hydroxylation is 4. The van der Waals surface area contributed by atoms with E-state index < -0.39 is 0 Å². The molecule has 0 atom stereocenters. The molecule has 0 aliphatic rings. The molecule has 0 saturated carbocycles. The molecule has 11 rings (SSSR count). The Morgan fingerprint density at radius 3 is 1.17 bits per heavy atom. The molecule has 0 heterocycles. The Kier molecular flexibility index (Phi) is 7.16. The topological polar surface area (TPSA) is 0 Å². The van der Waals surface area contributed by atoms with Crippen molar-refractivity contribution < 1.29 is 0 Å². The van der Waals surface area contributed by atoms with Crippen LogP contribution in [0.25, 0.3) is 108 Å². The van der Waals surface area contributed by atoms with Crippen molar-refractivity contribution in [2.24, 2.45) is 0 Å². The second-order valence-corrected chi connectivity index (χ2v) is 19.5. The van der Waals surface area contributed by atoms with Crippen molar-refractivity contribution in [1.29, 1.82) is 0 Å². The fraction of sp³-hybridized carbons (Fsp3) is 0.207. The van der Waals surface area contributed by atoms with Gasteiger partial charge in [-0.25, -0.2) is 0 Å². The van der Waals surface area contributed by atoms with Gasteiger partial charge in [0.05, 0.1) is 0 Å². The third-order valence-electron chi connectivity index (χ3n) is 13.7. The van der Waals surface area contributed by atoms with Crippen LogP contribution >= 0.6 is 0 Å². The van der Waals surface area contributed by atoms with E-state index in [1.54, 1.807) is 0 Å². The third kappa shape index (κ3) is 4.75. The number of hydrogen-bond donors (Lipinski definition) is 0. The van der Waals surface area contributed by atoms with Crippen molar-refractivity contribution in [1.82, 2.24) is 0 Å². The molecule has 11 aromatic rings. The van der Waals surface area contributed by atoms with Crippen LogP contribution in [0, 0.1) is 27.7 Å². The molecule has 0 amide bonds. The molecule has 11 aromatic carbocycles. The first kappa shape index (κ1) is 35.2. The molecule has 0 heteroatoms. The highest BCUT2D eigenvalue weighted by Crippen LogP contribution is 2.55. The van der Waals surface area contributed by atoms with Gasteiger partial charge in [0, 0.05) is 0 Å². The smallest absolute Gasteiger partial charge is 0.000721 e. The van der Waals surface area contributed by atoms with Gasteiger partial charge in [0.2, 0.25) is 0 Å². The molecule has 0 N–H and O–H groups in total. The van der Waals surface area contributed by atoms with E-state index >= 15 is 0 Å². The lowest BCUT2D eigenvalue weighted by atomic mass is 9.78. The van der Waals surface area contributed by atoms with Gasteiger partial charge >= 0.3 is 0 Å². The summed E-state index contributed by atoms with van der Waals surface area (Å²) in [6, 6.07) is 47.3. The summed E-state index contributed by atoms with van der Waals surface area (Å²) in [5.74, 6) is 0. The fourth-order valence-electron chi connectivity index (χ4n) is 11.0. The van der Waals surface area contributed by atoms with Gasteiger partial charge < -0.3 is 0 Å². The van der Waals surface area contributed by atoms with Gasteiger partial charge in [0.15, 0.2) is 0 Å². The Balaban J connectivity index is 1.45. The van der Waals surface area contributed by atoms with Gasteiger partial charge in [-0.3, -0.25) is 0 Å². The summed E-state index contributed by atoms with van der Waals surface area (Å²) in [6.45, 7) is 23.4. The molecule has 0 aromatic heterocycles. The minimum Gasteiger partial charge on any atom is -0.0616 e. The summed E-state index contributed by atoms with van der Waals surface area (Å²) in [6.07, 6.45) is 0. The lowest BCUT2D eigenvalue weighted by Crippen LogP contribution is -2.12. The maximum atomic E-state index is 2.60. The quantitative estimate of drug-likeness (QED) is 0.155. The Labute approximate surface area is 341 Å². The van der Waals surface area contributed by atoms with E-state index in [0.717, 1.165) is 0 Å². The van der Waals surface area contributed by atoms with Crippen molar-refractivity contribution in [3.63, 3.8) is 0 Å². The fourth-order valence-corrected chi connectivity index (χ4v) is 11.0. The molecule has 282 valence electrons. The summed E-state index contributed by atoms with van der Waals surface area (Å²) in [5.41, 5.74) is 13.7. The summed E-state index contributed by atoms with van der Waals surface area (Å²) in [4.78, 5) is 0. The van der Waals surface area contributed by atoms with Crippen molar-refractivity contribution in [3.05, 3.63) is 155 Å². The van der Waals surface area contributed by atoms with E-state index in [-0.39, 0.29) is 10.8 Å². The molecule has 0 aliphatic heterocycles. The van der Waals surface area contributed by atoms with Crippen molar-refractivity contribution in [2.45, 2.75) is 80.1 Å². The minimum atomic E-state index is 0.0477. The average Bonchev–Trinajstić information content (AvgIpc) is 3.67. The first-order chi connectivity index (χ1) is 27.7. The van der Waals surface area contributed by atoms with E-state index in [1.807, 2.05) is 0 Å². The Bertz CT molecular complexity index is 3490. The van der Waals surface area contributed by atoms with Crippen LogP contribution in [0.15, 0.2) is 121 Å². The highest BCUT2D eigenvalue weighted by molar-refractivity contribution is 6.42. The zero-order valence-electron chi connectivity index (χ0n) is 35.5. The van der Waals surface area contributed by atoms with Crippen LogP contribution in [0.1, 0.15) is 74.9 Å². The van der Waals surface area contributed by atoms with Crippen molar-refractivity contribution >= 4 is 86.2 Å². The Morgan fingerprint density at radius 2 is 0.672 bits per heavy atom. The maximum Gasteiger partial charge on any atom is -0.000721 e. The van der Waals surface area contributed by atoms with Gasteiger partial charge in [-0.2, -0.15) is 0 Å². The van der Waals surface area contributed by atoms with Crippen LogP contribution in [0.5, 0.6) is 0 Å². The highest BCUT2D eigenvalue weighted by Gasteiger charge is 2.29. The molecule has 0 fully saturated rings. The molecule has 0 saturated heterocycles. The molecule has 0 spiro atoms. The van der Waals surface area contributed by atoms with Crippen LogP contribution in [0.3, 0.4) is 0 Å². The summed E-state index contributed by atoms with van der Waals surface area (Å²) >= 11 is 0. The predicted molar refractivity (Wildman–Crippen MR) is 256 cm³/mol. The standard InChI is InChI=1S/C58H50/c1-31-24-37(57(5,6)7)25-32(2)49(31)55-47-29-44-41-21-15-20-40-39-19-12-11-16-36(39)28-46(52(40)41)45(44)30-48(47)56(50-33(3)26-38(27-34(50)4)58(8,9)10)54-43-23-14-18-35-17-13-22-42(51(35)43)53(54)55/h11-30H,1-10H3. The molecule has 0 aliphatic carbocycles. The van der Waals surface area contributed by atoms with Crippen LogP contribution in [-0.2, 0) is 10.8 Å². The second kappa shape index (κ2) is 11.8. The number of fused-ring (bicyclic) bond motifs is 9. The van der Waals surface area contributed by atoms with E-state index in [4.69, 9.17) is 0 Å². The zero-order valence-corrected chi connectivity index (χ0v) is 35.5. The lowest BCUT2D eigenvalue weighted by Gasteiger charge is -2.26. The van der Waals surface area contributed by atoms with Crippen LogP contribution in [0.4, 0.5) is 0 Å². The van der Waals surface area contributed by atoms with Gasteiger partial charge in [0.1, 0.15) is 0 Å². The maximum absolute atomic E-state index is 2.60. The van der Waals surface area contributed by atoms with Gasteiger partial charge in [-0.05, 0) is 199 Å². The highest BCUT2D eigenvalue weighted by atomic mass is 14.3. The van der Waals surface area contributed by atoms with Crippen molar-refractivity contribution in [2.75, 3.05) is 0 Å². The van der Waals surface area contributed by atoms with Crippen LogP contribution in [0.2, 0.25) is 0 Å². The molecule has 0 radical (unpaired) electrons. The largest absolute Gasteiger partial charge is 0.0616 e. The predicted octanol–water partition coefficient (Wildman–Crippen LogP) is 17.0. The van der Waals surface area contributed by atoms with Crippen LogP contribution in [-0.4, -0.2) is 0 Å². The number of hydrogen-bond acceptors (Lipinski definition) is 0. The van der Waals surface area contributed by atoms with Crippen LogP contribution < -0.4 is 0 Å². The number of rotatable bonds is 2. The summed E-state index contributed by atoms with van der Waals surface area (Å²) in [7, 11) is 0. The van der Waals surface area contributed by atoms with E-state index in [0.29, 0.717) is 0 Å². The second-order valence-electron chi connectivity index (χ2n) is 19.5. The van der Waals surface area contributed by atoms with Gasteiger partial charge in [0.25, 0.3) is 0 Å². The minimum absolute atomic E-state index is 0.0477. The number of benzene rings is 9. The Hall–Kier alpha value is -5.98. The molecule has 58 heavy (non-hydrogen) atoms. The lowest BCUT2D eigenvalue weighted by molar-refractivity contribution is 0.589. The zero-order chi connectivity index (χ0) is 40.2. The molecule has 0 nitrogen and oxygen atoms in total. The molecule has 0 unspecified atom stereocenters. The monoisotopic (exact) mass is 746 g/mol. The average molecular weight is 747 g/mol. The molecular weight excluding hydrogens is 697 g/mol. The third-order valence-corrected chi connectivity index (χ3v) is 13.7. The summed E-state index contributed by atoms with van der Waals surface area (Å²) < 4.78 is 0. The molecule has 0 bridgehead atoms. The van der Waals surface area contributed by atoms with Gasteiger partial charge in [-0.15, -0.1) is 0 Å².